The molecule has 2 unspecified atom stereocenters. The second kappa shape index (κ2) is 11.3. The van der Waals surface area contributed by atoms with E-state index in [-0.39, 0.29) is 47.7 Å². The maximum absolute atomic E-state index is 14.7. The highest BCUT2D eigenvalue weighted by Gasteiger charge is 2.40. The number of esters is 1. The molecule has 6 nitrogen and oxygen atoms in total. The molecule has 1 aliphatic carbocycles. The number of aromatic nitrogens is 2. The summed E-state index contributed by atoms with van der Waals surface area (Å²) in [7, 11) is 0. The van der Waals surface area contributed by atoms with E-state index in [2.05, 4.69) is 9.88 Å². The lowest BCUT2D eigenvalue weighted by molar-refractivity contribution is -0.143. The normalized spacial score (nSPS) is 20.8. The SMILES string of the molecule is CCOC(=O)Cn1ccnc1C=C1CN(C(C(=O)C2CC2)c2ccccc2F)CCC1S.Cl. The molecule has 1 saturated carbocycles. The number of likely N-dealkylation sites (tertiary alicyclic amines) is 1. The lowest BCUT2D eigenvalue weighted by atomic mass is 9.93. The van der Waals surface area contributed by atoms with Crippen LogP contribution in [-0.2, 0) is 20.9 Å². The molecular formula is C24H29ClFN3O3S. The minimum atomic E-state index is -0.604. The molecule has 2 atom stereocenters. The van der Waals surface area contributed by atoms with E-state index in [1.54, 1.807) is 42.1 Å². The number of halogens is 2. The molecule has 0 bridgehead atoms. The number of Topliss-reactive ketones (excluding diaryl/α,β-unsaturated/α-hetero) is 1. The summed E-state index contributed by atoms with van der Waals surface area (Å²) in [4.78, 5) is 31.5. The summed E-state index contributed by atoms with van der Waals surface area (Å²) >= 11 is 4.74. The number of rotatable bonds is 8. The summed E-state index contributed by atoms with van der Waals surface area (Å²) in [5.41, 5.74) is 1.42. The summed E-state index contributed by atoms with van der Waals surface area (Å²) in [6.07, 6.45) is 7.77. The fourth-order valence-corrected chi connectivity index (χ4v) is 4.45. The van der Waals surface area contributed by atoms with E-state index < -0.39 is 6.04 Å². The van der Waals surface area contributed by atoms with Gasteiger partial charge in [-0.3, -0.25) is 14.5 Å². The second-order valence-corrected chi connectivity index (χ2v) is 8.94. The smallest absolute Gasteiger partial charge is 0.325 e. The topological polar surface area (TPSA) is 64.4 Å². The number of hydrogen-bond acceptors (Lipinski definition) is 6. The molecule has 9 heteroatoms. The molecule has 0 spiro atoms. The van der Waals surface area contributed by atoms with Crippen LogP contribution in [0.15, 0.2) is 42.2 Å². The fraction of sp³-hybridized carbons (Fsp3) is 0.458. The van der Waals surface area contributed by atoms with Crippen molar-refractivity contribution in [2.45, 2.75) is 44.0 Å². The number of piperidine rings is 1. The number of imidazole rings is 1. The Bertz CT molecular complexity index is 1020. The summed E-state index contributed by atoms with van der Waals surface area (Å²) in [6.45, 7) is 3.31. The molecule has 2 aromatic rings. The minimum absolute atomic E-state index is 0. The van der Waals surface area contributed by atoms with E-state index >= 15 is 0 Å². The van der Waals surface area contributed by atoms with Gasteiger partial charge in [0.05, 0.1) is 12.6 Å². The number of ketones is 1. The molecule has 178 valence electrons. The molecule has 1 aromatic carbocycles. The monoisotopic (exact) mass is 493 g/mol. The van der Waals surface area contributed by atoms with Crippen molar-refractivity contribution in [3.8, 4) is 0 Å². The number of ether oxygens (including phenoxy) is 1. The van der Waals surface area contributed by atoms with E-state index in [9.17, 15) is 14.0 Å². The highest BCUT2D eigenvalue weighted by molar-refractivity contribution is 7.81. The molecule has 1 aromatic heterocycles. The molecule has 1 saturated heterocycles. The van der Waals surface area contributed by atoms with Gasteiger partial charge in [0.1, 0.15) is 18.2 Å². The van der Waals surface area contributed by atoms with Gasteiger partial charge in [0.2, 0.25) is 0 Å². The van der Waals surface area contributed by atoms with Gasteiger partial charge in [-0.25, -0.2) is 9.37 Å². The van der Waals surface area contributed by atoms with E-state index in [0.29, 0.717) is 31.1 Å². The van der Waals surface area contributed by atoms with Crippen molar-refractivity contribution in [2.75, 3.05) is 19.7 Å². The molecule has 2 aliphatic rings. The van der Waals surface area contributed by atoms with Crippen molar-refractivity contribution < 1.29 is 18.7 Å². The van der Waals surface area contributed by atoms with Gasteiger partial charge in [0.15, 0.2) is 5.78 Å². The van der Waals surface area contributed by atoms with Crippen LogP contribution in [0.3, 0.4) is 0 Å². The highest BCUT2D eigenvalue weighted by Crippen LogP contribution is 2.39. The zero-order valence-corrected chi connectivity index (χ0v) is 20.2. The Morgan fingerprint density at radius 2 is 2.06 bits per heavy atom. The van der Waals surface area contributed by atoms with Gasteiger partial charge in [0, 0.05) is 42.2 Å². The summed E-state index contributed by atoms with van der Waals surface area (Å²) in [5.74, 6) is 0.0625. The van der Waals surface area contributed by atoms with Gasteiger partial charge in [-0.15, -0.1) is 12.4 Å². The molecule has 2 fully saturated rings. The average Bonchev–Trinajstić information content (AvgIpc) is 3.54. The van der Waals surface area contributed by atoms with Crippen molar-refractivity contribution in [3.63, 3.8) is 0 Å². The maximum atomic E-state index is 14.7. The first-order chi connectivity index (χ1) is 15.5. The van der Waals surface area contributed by atoms with Gasteiger partial charge in [-0.05, 0) is 43.9 Å². The van der Waals surface area contributed by atoms with Gasteiger partial charge in [-0.2, -0.15) is 12.6 Å². The Hall–Kier alpha value is -2.16. The quantitative estimate of drug-likeness (QED) is 0.443. The Labute approximate surface area is 205 Å². The standard InChI is InChI=1S/C24H28FN3O3S.ClH/c1-2-31-22(29)15-27-12-10-26-21(27)13-17-14-28(11-9-20(17)32)23(24(30)16-7-8-16)18-5-3-4-6-19(18)25;/h3-6,10,12-13,16,20,23,32H,2,7-9,11,14-15H2,1H3;1H. The summed E-state index contributed by atoms with van der Waals surface area (Å²) in [5, 5.41) is -0.00343. The Kier molecular flexibility index (Phi) is 8.73. The van der Waals surface area contributed by atoms with Gasteiger partial charge < -0.3 is 9.30 Å². The van der Waals surface area contributed by atoms with E-state index in [0.717, 1.165) is 24.8 Å². The second-order valence-electron chi connectivity index (χ2n) is 8.31. The molecule has 1 aliphatic heterocycles. The number of nitrogens with zero attached hydrogens (tertiary/aromatic N) is 3. The Morgan fingerprint density at radius 1 is 1.30 bits per heavy atom. The third-order valence-corrected chi connectivity index (χ3v) is 6.57. The molecule has 33 heavy (non-hydrogen) atoms. The zero-order chi connectivity index (χ0) is 22.7. The summed E-state index contributed by atoms with van der Waals surface area (Å²) in [6, 6.07) is 5.94. The first-order valence-corrected chi connectivity index (χ1v) is 11.6. The Morgan fingerprint density at radius 3 is 2.76 bits per heavy atom. The first kappa shape index (κ1) is 25.5. The molecule has 0 amide bonds. The van der Waals surface area contributed by atoms with Crippen molar-refractivity contribution in [1.82, 2.24) is 14.5 Å². The van der Waals surface area contributed by atoms with Crippen LogP contribution in [0, 0.1) is 11.7 Å². The highest BCUT2D eigenvalue weighted by atomic mass is 35.5. The van der Waals surface area contributed by atoms with E-state index in [1.807, 2.05) is 6.08 Å². The van der Waals surface area contributed by atoms with Gasteiger partial charge >= 0.3 is 5.97 Å². The number of carbonyl (C=O) groups is 2. The first-order valence-electron chi connectivity index (χ1n) is 11.1. The van der Waals surface area contributed by atoms with Crippen molar-refractivity contribution in [3.05, 3.63) is 59.4 Å². The van der Waals surface area contributed by atoms with Crippen LogP contribution < -0.4 is 0 Å². The van der Waals surface area contributed by atoms with E-state index in [1.165, 1.54) is 6.07 Å². The minimum Gasteiger partial charge on any atom is -0.465 e. The van der Waals surface area contributed by atoms with Gasteiger partial charge in [-0.1, -0.05) is 18.2 Å². The van der Waals surface area contributed by atoms with E-state index in [4.69, 9.17) is 17.4 Å². The predicted molar refractivity (Wildman–Crippen MR) is 130 cm³/mol. The lowest BCUT2D eigenvalue weighted by Crippen LogP contribution is -2.42. The van der Waals surface area contributed by atoms with Crippen molar-refractivity contribution >= 4 is 42.9 Å². The largest absolute Gasteiger partial charge is 0.465 e. The van der Waals surface area contributed by atoms with Crippen LogP contribution in [0.25, 0.3) is 6.08 Å². The van der Waals surface area contributed by atoms with Crippen LogP contribution in [0.1, 0.15) is 43.6 Å². The zero-order valence-electron chi connectivity index (χ0n) is 18.5. The number of thiol groups is 1. The lowest BCUT2D eigenvalue weighted by Gasteiger charge is -2.37. The van der Waals surface area contributed by atoms with Crippen LogP contribution in [0.5, 0.6) is 0 Å². The number of carbonyl (C=O) groups excluding carboxylic acids is 2. The molecule has 0 N–H and O–H groups in total. The molecule has 4 rings (SSSR count). The predicted octanol–water partition coefficient (Wildman–Crippen LogP) is 4.12. The third-order valence-electron chi connectivity index (χ3n) is 5.98. The number of benzene rings is 1. The Balaban J connectivity index is 0.00000306. The maximum Gasteiger partial charge on any atom is 0.325 e. The van der Waals surface area contributed by atoms with Crippen molar-refractivity contribution in [1.29, 1.82) is 0 Å². The van der Waals surface area contributed by atoms with Crippen LogP contribution in [-0.4, -0.2) is 51.1 Å². The van der Waals surface area contributed by atoms with Crippen LogP contribution in [0.2, 0.25) is 0 Å². The molecule has 2 heterocycles. The van der Waals surface area contributed by atoms with Gasteiger partial charge in [0.25, 0.3) is 0 Å². The average molecular weight is 494 g/mol. The van der Waals surface area contributed by atoms with Crippen LogP contribution >= 0.6 is 25.0 Å². The molecule has 0 radical (unpaired) electrons. The third kappa shape index (κ3) is 6.05. The van der Waals surface area contributed by atoms with Crippen LogP contribution in [0.4, 0.5) is 4.39 Å². The fourth-order valence-electron chi connectivity index (χ4n) is 4.18. The molecular weight excluding hydrogens is 465 g/mol. The summed E-state index contributed by atoms with van der Waals surface area (Å²) < 4.78 is 21.5. The number of hydrogen-bond donors (Lipinski definition) is 1. The van der Waals surface area contributed by atoms with Crippen molar-refractivity contribution in [2.24, 2.45) is 5.92 Å².